The summed E-state index contributed by atoms with van der Waals surface area (Å²) in [6.07, 6.45) is 1.26. The quantitative estimate of drug-likeness (QED) is 0.397. The van der Waals surface area contributed by atoms with Crippen LogP contribution in [-0.2, 0) is 20.7 Å². The van der Waals surface area contributed by atoms with Gasteiger partial charge in [0.2, 0.25) is 11.8 Å². The molecule has 0 radical (unpaired) electrons. The first-order chi connectivity index (χ1) is 19.3. The number of amides is 3. The zero-order valence-corrected chi connectivity index (χ0v) is 22.4. The molecule has 0 aliphatic carbocycles. The number of benzene rings is 2. The second kappa shape index (κ2) is 13.8. The molecule has 9 nitrogen and oxygen atoms in total. The lowest BCUT2D eigenvalue weighted by Crippen LogP contribution is -2.47. The highest BCUT2D eigenvalue weighted by Crippen LogP contribution is 2.18. The number of hydrogen-bond donors (Lipinski definition) is 2. The second-order valence-corrected chi connectivity index (χ2v) is 9.68. The SMILES string of the molecule is CN(C(=O)CCc1cccc(F)c1F)[C@@H](CCC(=O)N1CCNCC1)COC(=O)Nc1cc2ccccc2cn1. The number of hydrogen-bond acceptors (Lipinski definition) is 6. The molecule has 212 valence electrons. The zero-order valence-electron chi connectivity index (χ0n) is 22.4. The molecule has 0 unspecified atom stereocenters. The molecule has 2 N–H and O–H groups in total. The number of rotatable bonds is 10. The van der Waals surface area contributed by atoms with E-state index in [-0.39, 0.29) is 49.7 Å². The minimum absolute atomic E-state index is 0.00811. The molecule has 1 aliphatic rings. The molecule has 0 bridgehead atoms. The highest BCUT2D eigenvalue weighted by Gasteiger charge is 2.25. The summed E-state index contributed by atoms with van der Waals surface area (Å²) in [6.45, 7) is 2.49. The fourth-order valence-corrected chi connectivity index (χ4v) is 4.58. The van der Waals surface area contributed by atoms with Gasteiger partial charge in [-0.3, -0.25) is 14.9 Å². The van der Waals surface area contributed by atoms with Crippen LogP contribution in [0.2, 0.25) is 0 Å². The molecule has 1 fully saturated rings. The van der Waals surface area contributed by atoms with Crippen LogP contribution < -0.4 is 10.6 Å². The molecule has 1 aromatic heterocycles. The van der Waals surface area contributed by atoms with Crippen LogP contribution >= 0.6 is 0 Å². The van der Waals surface area contributed by atoms with Crippen LogP contribution in [0.25, 0.3) is 10.8 Å². The molecule has 1 saturated heterocycles. The summed E-state index contributed by atoms with van der Waals surface area (Å²) >= 11 is 0. The average Bonchev–Trinajstić information content (AvgIpc) is 2.97. The lowest BCUT2D eigenvalue weighted by Gasteiger charge is -2.30. The van der Waals surface area contributed by atoms with Gasteiger partial charge in [0.25, 0.3) is 0 Å². The summed E-state index contributed by atoms with van der Waals surface area (Å²) in [5, 5.41) is 7.62. The smallest absolute Gasteiger partial charge is 0.412 e. The number of carbonyl (C=O) groups excluding carboxylic acids is 3. The third-order valence-corrected chi connectivity index (χ3v) is 7.01. The number of carbonyl (C=O) groups is 3. The molecule has 1 aliphatic heterocycles. The lowest BCUT2D eigenvalue weighted by molar-refractivity contribution is -0.135. The molecule has 2 aromatic carbocycles. The topological polar surface area (TPSA) is 104 Å². The van der Waals surface area contributed by atoms with E-state index in [9.17, 15) is 23.2 Å². The van der Waals surface area contributed by atoms with Gasteiger partial charge in [0.1, 0.15) is 12.4 Å². The van der Waals surface area contributed by atoms with Gasteiger partial charge in [-0.2, -0.15) is 0 Å². The molecule has 11 heteroatoms. The summed E-state index contributed by atoms with van der Waals surface area (Å²) in [4.78, 5) is 45.7. The summed E-state index contributed by atoms with van der Waals surface area (Å²) in [5.41, 5.74) is 0.102. The van der Waals surface area contributed by atoms with E-state index in [4.69, 9.17) is 4.74 Å². The Hall–Kier alpha value is -4.12. The van der Waals surface area contributed by atoms with Crippen molar-refractivity contribution in [2.24, 2.45) is 0 Å². The third kappa shape index (κ3) is 7.72. The predicted molar refractivity (Wildman–Crippen MR) is 147 cm³/mol. The molecule has 3 aromatic rings. The second-order valence-electron chi connectivity index (χ2n) is 9.68. The number of fused-ring (bicyclic) bond motifs is 1. The van der Waals surface area contributed by atoms with Crippen molar-refractivity contribution in [1.82, 2.24) is 20.1 Å². The molecule has 40 heavy (non-hydrogen) atoms. The van der Waals surface area contributed by atoms with Gasteiger partial charge in [0, 0.05) is 57.7 Å². The first kappa shape index (κ1) is 28.9. The van der Waals surface area contributed by atoms with Crippen molar-refractivity contribution >= 4 is 34.5 Å². The van der Waals surface area contributed by atoms with Gasteiger partial charge in [-0.25, -0.2) is 18.6 Å². The van der Waals surface area contributed by atoms with Crippen molar-refractivity contribution in [3.05, 3.63) is 71.9 Å². The van der Waals surface area contributed by atoms with Gasteiger partial charge in [-0.1, -0.05) is 36.4 Å². The van der Waals surface area contributed by atoms with E-state index in [1.807, 2.05) is 24.3 Å². The monoisotopic (exact) mass is 553 g/mol. The number of likely N-dealkylation sites (N-methyl/N-ethyl adjacent to an activating group) is 1. The molecule has 4 rings (SSSR count). The predicted octanol–water partition coefficient (Wildman–Crippen LogP) is 3.73. The minimum Gasteiger partial charge on any atom is -0.447 e. The normalized spacial score (nSPS) is 14.0. The van der Waals surface area contributed by atoms with E-state index in [0.717, 1.165) is 29.9 Å². The largest absolute Gasteiger partial charge is 0.447 e. The van der Waals surface area contributed by atoms with Crippen LogP contribution in [0.4, 0.5) is 19.4 Å². The number of halogens is 2. The molecule has 1 atom stereocenters. The molecular formula is C29H33F2N5O4. The van der Waals surface area contributed by atoms with E-state index in [0.29, 0.717) is 18.9 Å². The number of aromatic nitrogens is 1. The Labute approximate surface area is 231 Å². The van der Waals surface area contributed by atoms with Gasteiger partial charge in [0.15, 0.2) is 11.6 Å². The number of pyridine rings is 1. The third-order valence-electron chi connectivity index (χ3n) is 7.01. The molecule has 0 spiro atoms. The Morgan fingerprint density at radius 1 is 1.07 bits per heavy atom. The van der Waals surface area contributed by atoms with Crippen molar-refractivity contribution in [2.75, 3.05) is 45.2 Å². The van der Waals surface area contributed by atoms with E-state index in [1.54, 1.807) is 24.2 Å². The van der Waals surface area contributed by atoms with Crippen LogP contribution in [0.5, 0.6) is 0 Å². The maximum Gasteiger partial charge on any atom is 0.412 e. The number of nitrogens with zero attached hydrogens (tertiary/aromatic N) is 3. The average molecular weight is 554 g/mol. The van der Waals surface area contributed by atoms with Gasteiger partial charge < -0.3 is 19.9 Å². The Morgan fingerprint density at radius 2 is 1.82 bits per heavy atom. The van der Waals surface area contributed by atoms with Crippen molar-refractivity contribution in [2.45, 2.75) is 31.7 Å². The Bertz CT molecular complexity index is 1350. The Balaban J connectivity index is 1.37. The number of anilines is 1. The maximum atomic E-state index is 14.1. The van der Waals surface area contributed by atoms with Gasteiger partial charge >= 0.3 is 6.09 Å². The van der Waals surface area contributed by atoms with Crippen LogP contribution in [0.15, 0.2) is 54.7 Å². The summed E-state index contributed by atoms with van der Waals surface area (Å²) in [6, 6.07) is 12.5. The zero-order chi connectivity index (χ0) is 28.5. The number of ether oxygens (including phenoxy) is 1. The van der Waals surface area contributed by atoms with Crippen LogP contribution in [0.1, 0.15) is 24.8 Å². The van der Waals surface area contributed by atoms with Crippen LogP contribution in [0.3, 0.4) is 0 Å². The van der Waals surface area contributed by atoms with E-state index >= 15 is 0 Å². The number of nitrogens with one attached hydrogen (secondary N) is 2. The highest BCUT2D eigenvalue weighted by atomic mass is 19.2. The van der Waals surface area contributed by atoms with Crippen molar-refractivity contribution in [1.29, 1.82) is 0 Å². The van der Waals surface area contributed by atoms with E-state index < -0.39 is 23.8 Å². The molecule has 0 saturated carbocycles. The van der Waals surface area contributed by atoms with Crippen molar-refractivity contribution < 1.29 is 27.9 Å². The van der Waals surface area contributed by atoms with Gasteiger partial charge in [-0.05, 0) is 35.9 Å². The fourth-order valence-electron chi connectivity index (χ4n) is 4.58. The maximum absolute atomic E-state index is 14.1. The van der Waals surface area contributed by atoms with Crippen LogP contribution in [-0.4, -0.2) is 78.6 Å². The summed E-state index contributed by atoms with van der Waals surface area (Å²) in [7, 11) is 1.55. The highest BCUT2D eigenvalue weighted by molar-refractivity contribution is 5.89. The lowest BCUT2D eigenvalue weighted by atomic mass is 10.1. The van der Waals surface area contributed by atoms with E-state index in [1.165, 1.54) is 17.0 Å². The Morgan fingerprint density at radius 3 is 2.60 bits per heavy atom. The fraction of sp³-hybridized carbons (Fsp3) is 0.379. The number of piperazine rings is 1. The standard InChI is InChI=1S/C29H33F2N5O4/c1-35(26(37)11-9-20-7-4-8-24(30)28(20)31)23(10-12-27(38)36-15-13-32-14-16-36)19-40-29(39)34-25-17-21-5-2-3-6-22(21)18-33-25/h2-8,17-18,23,32H,9-16,19H2,1H3,(H,33,34,39)/t23-/m0/s1. The summed E-state index contributed by atoms with van der Waals surface area (Å²) < 4.78 is 33.1. The van der Waals surface area contributed by atoms with Gasteiger partial charge in [0.05, 0.1) is 6.04 Å². The Kier molecular flexibility index (Phi) is 9.96. The van der Waals surface area contributed by atoms with Crippen LogP contribution in [0, 0.1) is 11.6 Å². The first-order valence-electron chi connectivity index (χ1n) is 13.3. The molecule has 2 heterocycles. The first-order valence-corrected chi connectivity index (χ1v) is 13.3. The summed E-state index contributed by atoms with van der Waals surface area (Å²) in [5.74, 6) is -2.01. The molecule has 3 amide bonds. The molecular weight excluding hydrogens is 520 g/mol. The minimum atomic E-state index is -0.974. The van der Waals surface area contributed by atoms with Gasteiger partial charge in [-0.15, -0.1) is 0 Å². The van der Waals surface area contributed by atoms with Crippen molar-refractivity contribution in [3.63, 3.8) is 0 Å². The number of aryl methyl sites for hydroxylation is 1. The van der Waals surface area contributed by atoms with Crippen molar-refractivity contribution in [3.8, 4) is 0 Å². The van der Waals surface area contributed by atoms with E-state index in [2.05, 4.69) is 15.6 Å².